The topological polar surface area (TPSA) is 128 Å². The Labute approximate surface area is 135 Å². The van der Waals surface area contributed by atoms with E-state index < -0.39 is 10.9 Å². The quantitative estimate of drug-likeness (QED) is 0.475. The maximum atomic E-state index is 11.8. The summed E-state index contributed by atoms with van der Waals surface area (Å²) >= 11 is 5.77. The van der Waals surface area contributed by atoms with Crippen LogP contribution in [0.1, 0.15) is 12.5 Å². The molecule has 0 fully saturated rings. The molecule has 0 aliphatic rings. The summed E-state index contributed by atoms with van der Waals surface area (Å²) in [5, 5.41) is 25.2. The Balaban J connectivity index is 1.86. The predicted molar refractivity (Wildman–Crippen MR) is 80.9 cm³/mol. The molecule has 1 amide bonds. The number of nitrogens with one attached hydrogen (secondary N) is 1. The maximum Gasteiger partial charge on any atom is 0.514 e. The highest BCUT2D eigenvalue weighted by molar-refractivity contribution is 6.30. The molecule has 0 aliphatic heterocycles. The van der Waals surface area contributed by atoms with Gasteiger partial charge in [0.2, 0.25) is 5.91 Å². The number of aromatic nitrogens is 4. The normalized spacial score (nSPS) is 11.3. The van der Waals surface area contributed by atoms with Gasteiger partial charge < -0.3 is 10.1 Å². The van der Waals surface area contributed by atoms with Gasteiger partial charge in [-0.05, 0) is 29.5 Å². The number of halogens is 1. The fraction of sp³-hybridized carbons (Fsp3) is 0.250. The minimum absolute atomic E-state index is 0.0715. The summed E-state index contributed by atoms with van der Waals surface area (Å²) in [4.78, 5) is 22.5. The zero-order valence-electron chi connectivity index (χ0n) is 12.0. The third-order valence-electron chi connectivity index (χ3n) is 2.63. The lowest BCUT2D eigenvalue weighted by Crippen LogP contribution is -2.22. The van der Waals surface area contributed by atoms with Crippen molar-refractivity contribution >= 4 is 29.2 Å². The van der Waals surface area contributed by atoms with E-state index in [9.17, 15) is 14.9 Å². The molecule has 11 heteroatoms. The van der Waals surface area contributed by atoms with Gasteiger partial charge in [-0.2, -0.15) is 5.10 Å². The highest BCUT2D eigenvalue weighted by atomic mass is 35.5. The lowest BCUT2D eigenvalue weighted by molar-refractivity contribution is -0.394. The van der Waals surface area contributed by atoms with Crippen molar-refractivity contribution in [1.82, 2.24) is 25.6 Å². The Bertz CT molecular complexity index is 741. The molecular weight excluding hydrogens is 326 g/mol. The molecule has 2 aromatic rings. The molecule has 10 nitrogen and oxygen atoms in total. The summed E-state index contributed by atoms with van der Waals surface area (Å²) in [5.41, 5.74) is 3.65. The van der Waals surface area contributed by atoms with Crippen LogP contribution in [0.3, 0.4) is 0 Å². The third kappa shape index (κ3) is 5.11. The van der Waals surface area contributed by atoms with E-state index in [-0.39, 0.29) is 18.9 Å². The maximum absolute atomic E-state index is 11.8. The summed E-state index contributed by atoms with van der Waals surface area (Å²) in [5.74, 6) is -0.895. The van der Waals surface area contributed by atoms with E-state index in [1.54, 1.807) is 31.2 Å². The van der Waals surface area contributed by atoms with Crippen molar-refractivity contribution in [2.45, 2.75) is 19.9 Å². The first-order valence-corrected chi connectivity index (χ1v) is 6.80. The predicted octanol–water partition coefficient (Wildman–Crippen LogP) is 0.969. The lowest BCUT2D eigenvalue weighted by Gasteiger charge is -2.02. The second-order valence-electron chi connectivity index (χ2n) is 4.56. The first-order valence-electron chi connectivity index (χ1n) is 6.42. The smallest absolute Gasteiger partial charge is 0.390 e. The second-order valence-corrected chi connectivity index (χ2v) is 5.00. The molecule has 0 unspecified atom stereocenters. The number of hydrogen-bond donors (Lipinski definition) is 1. The van der Waals surface area contributed by atoms with Crippen LogP contribution >= 0.6 is 11.6 Å². The van der Waals surface area contributed by atoms with Gasteiger partial charge in [0.15, 0.2) is 0 Å². The van der Waals surface area contributed by atoms with E-state index in [0.29, 0.717) is 10.7 Å². The Morgan fingerprint density at radius 2 is 2.13 bits per heavy atom. The molecule has 2 rings (SSSR count). The number of benzene rings is 1. The van der Waals surface area contributed by atoms with Gasteiger partial charge in [-0.1, -0.05) is 28.5 Å². The Hall–Kier alpha value is -2.88. The summed E-state index contributed by atoms with van der Waals surface area (Å²) in [6, 6.07) is 6.89. The van der Waals surface area contributed by atoms with Gasteiger partial charge in [-0.25, -0.2) is 5.43 Å². The summed E-state index contributed by atoms with van der Waals surface area (Å²) in [7, 11) is 0. The van der Waals surface area contributed by atoms with Crippen LogP contribution in [0.25, 0.3) is 0 Å². The molecular formula is C12H12ClN7O3. The molecule has 0 radical (unpaired) electrons. The molecule has 0 saturated heterocycles. The largest absolute Gasteiger partial charge is 0.514 e. The number of carbonyl (C=O) groups is 1. The third-order valence-corrected chi connectivity index (χ3v) is 2.88. The molecule has 0 spiro atoms. The molecule has 0 saturated carbocycles. The van der Waals surface area contributed by atoms with Crippen molar-refractivity contribution in [3.63, 3.8) is 0 Å². The van der Waals surface area contributed by atoms with E-state index in [1.165, 1.54) is 0 Å². The number of amides is 1. The van der Waals surface area contributed by atoms with E-state index in [2.05, 4.69) is 25.9 Å². The first kappa shape index (κ1) is 16.5. The highest BCUT2D eigenvalue weighted by Crippen LogP contribution is 2.09. The first-order chi connectivity index (χ1) is 10.9. The van der Waals surface area contributed by atoms with Crippen LogP contribution in [0.2, 0.25) is 5.02 Å². The fourth-order valence-corrected chi connectivity index (χ4v) is 1.73. The van der Waals surface area contributed by atoms with Gasteiger partial charge in [0, 0.05) is 10.2 Å². The molecule has 0 aliphatic carbocycles. The van der Waals surface area contributed by atoms with Crippen molar-refractivity contribution in [2.24, 2.45) is 5.10 Å². The van der Waals surface area contributed by atoms with Gasteiger partial charge in [-0.3, -0.25) is 4.79 Å². The molecule has 1 aromatic heterocycles. The molecule has 0 bridgehead atoms. The van der Waals surface area contributed by atoms with Crippen LogP contribution in [0.4, 0.5) is 5.95 Å². The number of hydrogen-bond acceptors (Lipinski definition) is 7. The fourth-order valence-electron chi connectivity index (χ4n) is 1.60. The Morgan fingerprint density at radius 1 is 1.43 bits per heavy atom. The van der Waals surface area contributed by atoms with Gasteiger partial charge in [0.05, 0.1) is 22.3 Å². The van der Waals surface area contributed by atoms with Crippen LogP contribution in [-0.4, -0.2) is 36.7 Å². The van der Waals surface area contributed by atoms with Crippen molar-refractivity contribution in [1.29, 1.82) is 0 Å². The number of nitrogens with zero attached hydrogens (tertiary/aromatic N) is 6. The van der Waals surface area contributed by atoms with Gasteiger partial charge in [-0.15, -0.1) is 0 Å². The minimum atomic E-state index is -0.746. The van der Waals surface area contributed by atoms with Gasteiger partial charge >= 0.3 is 5.95 Å². The van der Waals surface area contributed by atoms with Crippen LogP contribution < -0.4 is 5.43 Å². The van der Waals surface area contributed by atoms with Crippen LogP contribution in [0.15, 0.2) is 29.4 Å². The molecule has 23 heavy (non-hydrogen) atoms. The Morgan fingerprint density at radius 3 is 2.74 bits per heavy atom. The number of hydrazone groups is 1. The molecule has 1 N–H and O–H groups in total. The number of tetrazole rings is 1. The number of carbonyl (C=O) groups excluding carboxylic acids is 1. The monoisotopic (exact) mass is 337 g/mol. The molecule has 1 heterocycles. The average Bonchev–Trinajstić information content (AvgIpc) is 2.96. The van der Waals surface area contributed by atoms with Crippen LogP contribution in [0.5, 0.6) is 0 Å². The highest BCUT2D eigenvalue weighted by Gasteiger charge is 2.15. The van der Waals surface area contributed by atoms with E-state index >= 15 is 0 Å². The zero-order valence-corrected chi connectivity index (χ0v) is 12.8. The molecule has 120 valence electrons. The lowest BCUT2D eigenvalue weighted by atomic mass is 10.1. The molecule has 0 atom stereocenters. The summed E-state index contributed by atoms with van der Waals surface area (Å²) in [6.45, 7) is 1.69. The molecule has 1 aromatic carbocycles. The SMILES string of the molecule is CC(Cn1nnc([N+](=O)[O-])n1)=NNC(=O)Cc1ccc(Cl)cc1. The van der Waals surface area contributed by atoms with Crippen LogP contribution in [0, 0.1) is 10.1 Å². The standard InChI is InChI=1S/C12H12ClN7O3/c1-8(7-19-17-12(16-18-19)20(22)23)14-15-11(21)6-9-2-4-10(13)5-3-9/h2-5H,6-7H2,1H3,(H,15,21). The average molecular weight is 338 g/mol. The van der Waals surface area contributed by atoms with Crippen LogP contribution in [-0.2, 0) is 17.8 Å². The second kappa shape index (κ2) is 7.40. The van der Waals surface area contributed by atoms with E-state index in [0.717, 1.165) is 10.4 Å². The van der Waals surface area contributed by atoms with Gasteiger partial charge in [0.25, 0.3) is 0 Å². The summed E-state index contributed by atoms with van der Waals surface area (Å²) < 4.78 is 0. The Kier molecular flexibility index (Phi) is 5.31. The van der Waals surface area contributed by atoms with Gasteiger partial charge in [0.1, 0.15) is 6.54 Å². The zero-order chi connectivity index (χ0) is 16.8. The van der Waals surface area contributed by atoms with Crippen molar-refractivity contribution < 1.29 is 9.72 Å². The number of nitro groups is 1. The summed E-state index contributed by atoms with van der Waals surface area (Å²) in [6.07, 6.45) is 0.154. The van der Waals surface area contributed by atoms with Crippen molar-refractivity contribution in [2.75, 3.05) is 0 Å². The van der Waals surface area contributed by atoms with E-state index in [1.807, 2.05) is 0 Å². The minimum Gasteiger partial charge on any atom is -0.390 e. The van der Waals surface area contributed by atoms with Crippen molar-refractivity contribution in [3.8, 4) is 0 Å². The number of rotatable bonds is 6. The van der Waals surface area contributed by atoms with E-state index in [4.69, 9.17) is 11.6 Å². The van der Waals surface area contributed by atoms with Crippen molar-refractivity contribution in [3.05, 3.63) is 45.0 Å².